The maximum atomic E-state index is 13.0. The zero-order valence-electron chi connectivity index (χ0n) is 27.7. The molecule has 51 heavy (non-hydrogen) atoms. The highest BCUT2D eigenvalue weighted by Gasteiger charge is 2.23. The van der Waals surface area contributed by atoms with Gasteiger partial charge in [-0.25, -0.2) is 34.7 Å². The van der Waals surface area contributed by atoms with E-state index in [0.717, 1.165) is 32.5 Å². The van der Waals surface area contributed by atoms with Crippen LogP contribution in [-0.2, 0) is 47.2 Å². The summed E-state index contributed by atoms with van der Waals surface area (Å²) in [6.45, 7) is 5.01. The number of ether oxygens (including phenoxy) is 2. The highest BCUT2D eigenvalue weighted by molar-refractivity contribution is 7.90. The molecule has 0 saturated carbocycles. The molecule has 1 aliphatic heterocycles. The third-order valence-corrected chi connectivity index (χ3v) is 12.7. The van der Waals surface area contributed by atoms with E-state index in [-0.39, 0.29) is 21.7 Å². The average Bonchev–Trinajstić information content (AvgIpc) is 3.90. The van der Waals surface area contributed by atoms with Crippen LogP contribution in [0.5, 0.6) is 0 Å². The second-order valence-corrected chi connectivity index (χ2v) is 16.3. The van der Waals surface area contributed by atoms with Crippen molar-refractivity contribution in [2.75, 3.05) is 13.2 Å². The van der Waals surface area contributed by atoms with Crippen molar-refractivity contribution < 1.29 is 31.1 Å². The number of rotatable bonds is 10. The van der Waals surface area contributed by atoms with E-state index in [9.17, 15) is 21.6 Å². The Morgan fingerprint density at radius 1 is 0.706 bits per heavy atom. The molecule has 0 bridgehead atoms. The fourth-order valence-electron chi connectivity index (χ4n) is 5.59. The molecule has 4 aromatic heterocycles. The van der Waals surface area contributed by atoms with Crippen LogP contribution in [0.1, 0.15) is 35.1 Å². The smallest absolute Gasteiger partial charge is 0.269 e. The molecular weight excluding hydrogens is 735 g/mol. The van der Waals surface area contributed by atoms with E-state index in [0.29, 0.717) is 65.4 Å². The van der Waals surface area contributed by atoms with Crippen molar-refractivity contribution in [2.45, 2.75) is 55.6 Å². The van der Waals surface area contributed by atoms with Crippen molar-refractivity contribution in [3.63, 3.8) is 0 Å². The summed E-state index contributed by atoms with van der Waals surface area (Å²) in [5.41, 5.74) is 4.13. The second kappa shape index (κ2) is 15.2. The van der Waals surface area contributed by atoms with E-state index < -0.39 is 20.0 Å². The number of aldehydes is 1. The number of aryl methyl sites for hydroxylation is 4. The molecule has 7 rings (SSSR count). The number of carbonyl (C=O) groups is 1. The predicted molar refractivity (Wildman–Crippen MR) is 195 cm³/mol. The Balaban J connectivity index is 0.000000177. The first kappa shape index (κ1) is 36.7. The van der Waals surface area contributed by atoms with Crippen molar-refractivity contribution in [1.29, 1.82) is 0 Å². The van der Waals surface area contributed by atoms with Crippen molar-refractivity contribution >= 4 is 71.6 Å². The van der Waals surface area contributed by atoms with E-state index in [1.807, 2.05) is 13.8 Å². The maximum Gasteiger partial charge on any atom is 0.269 e. The Labute approximate surface area is 305 Å². The molecule has 11 nitrogen and oxygen atoms in total. The quantitative estimate of drug-likeness (QED) is 0.136. The first-order valence-electron chi connectivity index (χ1n) is 16.0. The van der Waals surface area contributed by atoms with Gasteiger partial charge < -0.3 is 14.3 Å². The minimum Gasteiger partial charge on any atom is -0.350 e. The topological polar surface area (TPSA) is 139 Å². The van der Waals surface area contributed by atoms with Gasteiger partial charge >= 0.3 is 0 Å². The van der Waals surface area contributed by atoms with Gasteiger partial charge in [-0.15, -0.1) is 0 Å². The van der Waals surface area contributed by atoms with Gasteiger partial charge in [-0.1, -0.05) is 58.6 Å². The number of fused-ring (bicyclic) bond motifs is 2. The molecule has 0 amide bonds. The van der Waals surface area contributed by atoms with Crippen molar-refractivity contribution in [1.82, 2.24) is 17.9 Å². The highest BCUT2D eigenvalue weighted by Crippen LogP contribution is 2.31. The van der Waals surface area contributed by atoms with Crippen LogP contribution in [0.15, 0.2) is 95.2 Å². The fourth-order valence-corrected chi connectivity index (χ4v) is 8.78. The first-order valence-corrected chi connectivity index (χ1v) is 19.7. The van der Waals surface area contributed by atoms with Crippen LogP contribution in [0.2, 0.25) is 10.0 Å². The largest absolute Gasteiger partial charge is 0.350 e. The molecule has 266 valence electrons. The summed E-state index contributed by atoms with van der Waals surface area (Å²) in [6, 6.07) is 16.7. The van der Waals surface area contributed by atoms with Gasteiger partial charge in [0.15, 0.2) is 17.6 Å². The van der Waals surface area contributed by atoms with Gasteiger partial charge in [0.05, 0.1) is 33.0 Å². The molecule has 0 spiro atoms. The second-order valence-electron chi connectivity index (χ2n) is 11.9. The molecule has 15 heteroatoms. The normalized spacial score (nSPS) is 13.8. The summed E-state index contributed by atoms with van der Waals surface area (Å²) in [5, 5.41) is 2.10. The summed E-state index contributed by atoms with van der Waals surface area (Å²) in [5.74, 6) is 0. The van der Waals surface area contributed by atoms with Crippen LogP contribution in [-0.4, -0.2) is 60.5 Å². The van der Waals surface area contributed by atoms with E-state index in [4.69, 9.17) is 32.7 Å². The molecule has 0 unspecified atom stereocenters. The molecule has 1 saturated heterocycles. The Morgan fingerprint density at radius 2 is 1.14 bits per heavy atom. The minimum absolute atomic E-state index is 0.188. The highest BCUT2D eigenvalue weighted by atomic mass is 35.5. The number of carbonyl (C=O) groups excluding carboxylic acids is 1. The number of halogens is 2. The van der Waals surface area contributed by atoms with Crippen LogP contribution in [0, 0.1) is 13.8 Å². The molecule has 1 aliphatic rings. The molecule has 0 atom stereocenters. The molecule has 6 aromatic rings. The minimum atomic E-state index is -3.75. The van der Waals surface area contributed by atoms with Crippen molar-refractivity contribution in [3.05, 3.63) is 118 Å². The molecule has 0 radical (unpaired) electrons. The number of benzene rings is 2. The van der Waals surface area contributed by atoms with Gasteiger partial charge in [0.1, 0.15) is 6.29 Å². The van der Waals surface area contributed by atoms with Crippen LogP contribution >= 0.6 is 23.2 Å². The summed E-state index contributed by atoms with van der Waals surface area (Å²) >= 11 is 12.9. The zero-order valence-corrected chi connectivity index (χ0v) is 30.8. The summed E-state index contributed by atoms with van der Waals surface area (Å²) < 4.78 is 64.7. The van der Waals surface area contributed by atoms with Crippen molar-refractivity contribution in [3.8, 4) is 0 Å². The van der Waals surface area contributed by atoms with Crippen LogP contribution in [0.25, 0.3) is 22.1 Å². The number of hydrogen-bond donors (Lipinski definition) is 0. The summed E-state index contributed by atoms with van der Waals surface area (Å²) in [7, 11) is -7.48. The lowest BCUT2D eigenvalue weighted by atomic mass is 10.1. The van der Waals surface area contributed by atoms with Gasteiger partial charge in [0, 0.05) is 48.4 Å². The van der Waals surface area contributed by atoms with Crippen LogP contribution in [0.4, 0.5) is 0 Å². The maximum absolute atomic E-state index is 13.0. The van der Waals surface area contributed by atoms with Crippen LogP contribution < -0.4 is 0 Å². The molecule has 1 fully saturated rings. The lowest BCUT2D eigenvalue weighted by molar-refractivity contribution is -0.107. The van der Waals surface area contributed by atoms with Gasteiger partial charge in [-0.05, 0) is 74.2 Å². The van der Waals surface area contributed by atoms with E-state index in [1.54, 1.807) is 66.9 Å². The Morgan fingerprint density at radius 3 is 1.57 bits per heavy atom. The first-order chi connectivity index (χ1) is 24.4. The van der Waals surface area contributed by atoms with E-state index >= 15 is 0 Å². The number of hydrogen-bond acceptors (Lipinski definition) is 9. The van der Waals surface area contributed by atoms with Gasteiger partial charge in [0.25, 0.3) is 20.0 Å². The Hall–Kier alpha value is -4.11. The van der Waals surface area contributed by atoms with Gasteiger partial charge in [-0.3, -0.25) is 0 Å². The summed E-state index contributed by atoms with van der Waals surface area (Å²) in [6.07, 6.45) is 8.81. The fraction of sp³-hybridized carbons (Fsp3) is 0.250. The third-order valence-electron chi connectivity index (χ3n) is 8.40. The van der Waals surface area contributed by atoms with Crippen LogP contribution in [0.3, 0.4) is 0 Å². The monoisotopic (exact) mass is 768 g/mol. The van der Waals surface area contributed by atoms with Crippen molar-refractivity contribution in [2.24, 2.45) is 0 Å². The number of nitrogens with zero attached hydrogens (tertiary/aromatic N) is 4. The Kier molecular flexibility index (Phi) is 11.0. The number of pyridine rings is 2. The summed E-state index contributed by atoms with van der Waals surface area (Å²) in [4.78, 5) is 19.5. The standard InChI is InChI=1S/C19H19ClN2O4S.C17H15ClN2O3S/c1-13-2-5-15(6-3-13)27(23,24)22-9-8-16-18(20)14(12-21-19(16)22)4-7-17-25-10-11-26-17;1-12-4-6-14(7-5-12)24(22,23)20-9-8-15-16(18)13(3-2-10-21)11-19-17(15)20/h2-3,5-6,8-9,12,17H,4,7,10-11H2,1H3;4-11H,2-3H2,1H3. The number of aromatic nitrogens is 4. The molecular formula is C36H34Cl2N4O7S2. The zero-order chi connectivity index (χ0) is 36.3. The predicted octanol–water partition coefficient (Wildman–Crippen LogP) is 6.91. The lowest BCUT2D eigenvalue weighted by Gasteiger charge is -2.11. The van der Waals surface area contributed by atoms with Gasteiger partial charge in [-0.2, -0.15) is 0 Å². The molecule has 2 aromatic carbocycles. The molecule has 0 aliphatic carbocycles. The van der Waals surface area contributed by atoms with E-state index in [2.05, 4.69) is 9.97 Å². The van der Waals surface area contributed by atoms with Gasteiger partial charge in [0.2, 0.25) is 0 Å². The van der Waals surface area contributed by atoms with E-state index in [1.165, 1.54) is 22.6 Å². The average molecular weight is 770 g/mol. The Bertz CT molecular complexity index is 2420. The third kappa shape index (κ3) is 7.59. The molecule has 0 N–H and O–H groups in total. The lowest BCUT2D eigenvalue weighted by Crippen LogP contribution is -2.12. The SMILES string of the molecule is Cc1ccc(S(=O)(=O)n2ccc3c(Cl)c(CCC4OCCO4)cnc32)cc1.Cc1ccc(S(=O)(=O)n2ccc3c(Cl)c(CCC=O)cnc32)cc1. The molecule has 5 heterocycles.